The van der Waals surface area contributed by atoms with E-state index >= 15 is 0 Å². The summed E-state index contributed by atoms with van der Waals surface area (Å²) in [5, 5.41) is 4.14. The first-order chi connectivity index (χ1) is 14.6. The number of nitrogens with zero attached hydrogens (tertiary/aromatic N) is 4. The van der Waals surface area contributed by atoms with Gasteiger partial charge in [0.2, 0.25) is 0 Å². The van der Waals surface area contributed by atoms with E-state index in [-0.39, 0.29) is 11.4 Å². The average Bonchev–Trinajstić information content (AvgIpc) is 3.37. The lowest BCUT2D eigenvalue weighted by atomic mass is 9.95. The van der Waals surface area contributed by atoms with Crippen LogP contribution in [0.2, 0.25) is 0 Å². The number of benzene rings is 2. The van der Waals surface area contributed by atoms with Crippen LogP contribution in [0.4, 0.5) is 8.78 Å². The van der Waals surface area contributed by atoms with Crippen LogP contribution in [0.3, 0.4) is 0 Å². The Bertz CT molecular complexity index is 1310. The molecule has 2 aliphatic rings. The van der Waals surface area contributed by atoms with Crippen molar-refractivity contribution in [3.05, 3.63) is 84.4 Å². The molecule has 0 N–H and O–H groups in total. The molecule has 146 valence electrons. The highest BCUT2D eigenvalue weighted by molar-refractivity contribution is 6.32. The summed E-state index contributed by atoms with van der Waals surface area (Å²) in [7, 11) is 2.03. The smallest absolute Gasteiger partial charge is 0.169 e. The molecule has 0 bridgehead atoms. The minimum absolute atomic E-state index is 0.0377. The monoisotopic (exact) mass is 400 g/mol. The SMILES string of the molecule is Bc1ccc(-c2cc(Cn3ccc4nc(-c5cccc(F)c5F)nc-4c3)on2)cc1. The van der Waals surface area contributed by atoms with Gasteiger partial charge in [-0.05, 0) is 18.2 Å². The lowest BCUT2D eigenvalue weighted by molar-refractivity contribution is 0.378. The lowest BCUT2D eigenvalue weighted by Crippen LogP contribution is -2.00. The Kier molecular flexibility index (Phi) is 4.39. The second-order valence-electron chi connectivity index (χ2n) is 7.08. The largest absolute Gasteiger partial charge is 0.359 e. The molecule has 5 rings (SSSR count). The normalized spacial score (nSPS) is 11.3. The van der Waals surface area contributed by atoms with E-state index in [4.69, 9.17) is 4.52 Å². The fourth-order valence-corrected chi connectivity index (χ4v) is 3.27. The van der Waals surface area contributed by atoms with E-state index in [0.29, 0.717) is 23.7 Å². The topological polar surface area (TPSA) is 56.7 Å². The van der Waals surface area contributed by atoms with Crippen LogP contribution in [0.15, 0.2) is 71.5 Å². The molecule has 0 fully saturated rings. The molecule has 0 atom stereocenters. The summed E-state index contributed by atoms with van der Waals surface area (Å²) < 4.78 is 34.9. The van der Waals surface area contributed by atoms with Gasteiger partial charge in [-0.2, -0.15) is 0 Å². The molecule has 8 heteroatoms. The maximum atomic E-state index is 14.1. The molecule has 0 aliphatic carbocycles. The quantitative estimate of drug-likeness (QED) is 0.435. The van der Waals surface area contributed by atoms with Crippen molar-refractivity contribution in [3.8, 4) is 34.0 Å². The molecule has 3 aromatic rings. The van der Waals surface area contributed by atoms with Gasteiger partial charge in [-0.1, -0.05) is 41.0 Å². The van der Waals surface area contributed by atoms with E-state index < -0.39 is 11.6 Å². The summed E-state index contributed by atoms with van der Waals surface area (Å²) in [6, 6.07) is 15.7. The fraction of sp³-hybridized carbons (Fsp3) is 0.0455. The van der Waals surface area contributed by atoms with Crippen LogP contribution < -0.4 is 5.46 Å². The van der Waals surface area contributed by atoms with Gasteiger partial charge >= 0.3 is 0 Å². The molecule has 5 nitrogen and oxygen atoms in total. The van der Waals surface area contributed by atoms with Crippen LogP contribution in [0, 0.1) is 11.6 Å². The number of halogens is 2. The molecule has 0 radical (unpaired) electrons. The van der Waals surface area contributed by atoms with E-state index in [1.165, 1.54) is 17.6 Å². The summed E-state index contributed by atoms with van der Waals surface area (Å²) in [5.41, 5.74) is 4.15. The van der Waals surface area contributed by atoms with Crippen molar-refractivity contribution in [1.82, 2.24) is 19.7 Å². The molecular weight excluding hydrogens is 385 g/mol. The van der Waals surface area contributed by atoms with Crippen molar-refractivity contribution in [2.24, 2.45) is 0 Å². The van der Waals surface area contributed by atoms with Gasteiger partial charge in [0, 0.05) is 24.0 Å². The molecule has 0 unspecified atom stereocenters. The first-order valence-electron chi connectivity index (χ1n) is 9.37. The summed E-state index contributed by atoms with van der Waals surface area (Å²) in [5.74, 6) is -1.04. The number of hydrogen-bond donors (Lipinski definition) is 0. The standard InChI is InChI=1S/C22H15BF2N4O/c23-14-6-4-13(5-7-14)19-10-15(30-28-19)11-29-9-8-18-20(12-29)27-22(26-18)16-2-1-3-17(24)21(16)25/h1-10,12H,11,23H2. The number of pyridine rings is 1. The van der Waals surface area contributed by atoms with Gasteiger partial charge < -0.3 is 9.09 Å². The van der Waals surface area contributed by atoms with E-state index in [0.717, 1.165) is 17.3 Å². The van der Waals surface area contributed by atoms with Crippen LogP contribution in [-0.2, 0) is 6.54 Å². The van der Waals surface area contributed by atoms with Gasteiger partial charge in [0.25, 0.3) is 0 Å². The zero-order chi connectivity index (χ0) is 20.7. The minimum atomic E-state index is -0.953. The molecule has 1 aromatic heterocycles. The molecule has 0 saturated heterocycles. The molecule has 2 aliphatic heterocycles. The van der Waals surface area contributed by atoms with E-state index in [2.05, 4.69) is 15.1 Å². The highest BCUT2D eigenvalue weighted by atomic mass is 19.2. The van der Waals surface area contributed by atoms with Gasteiger partial charge in [-0.15, -0.1) is 0 Å². The molecule has 3 heterocycles. The number of imidazole rings is 1. The molecule has 0 spiro atoms. The Balaban J connectivity index is 1.42. The zero-order valence-corrected chi connectivity index (χ0v) is 16.0. The number of fused-ring (bicyclic) bond motifs is 1. The maximum absolute atomic E-state index is 14.1. The van der Waals surface area contributed by atoms with E-state index in [1.54, 1.807) is 12.3 Å². The average molecular weight is 400 g/mol. The Morgan fingerprint density at radius 3 is 2.57 bits per heavy atom. The Labute approximate surface area is 171 Å². The van der Waals surface area contributed by atoms with Crippen LogP contribution in [0.25, 0.3) is 34.0 Å². The Morgan fingerprint density at radius 1 is 0.933 bits per heavy atom. The van der Waals surface area contributed by atoms with E-state index in [1.807, 2.05) is 48.9 Å². The zero-order valence-electron chi connectivity index (χ0n) is 16.0. The highest BCUT2D eigenvalue weighted by Crippen LogP contribution is 2.27. The van der Waals surface area contributed by atoms with Crippen molar-refractivity contribution < 1.29 is 13.3 Å². The third kappa shape index (κ3) is 3.37. The first-order valence-corrected chi connectivity index (χ1v) is 9.37. The van der Waals surface area contributed by atoms with Gasteiger partial charge in [-0.3, -0.25) is 0 Å². The van der Waals surface area contributed by atoms with Gasteiger partial charge in [0.15, 0.2) is 23.2 Å². The summed E-state index contributed by atoms with van der Waals surface area (Å²) in [4.78, 5) is 8.68. The Hall–Kier alpha value is -3.81. The lowest BCUT2D eigenvalue weighted by Gasteiger charge is -2.04. The Morgan fingerprint density at radius 2 is 1.73 bits per heavy atom. The summed E-state index contributed by atoms with van der Waals surface area (Å²) in [6.07, 6.45) is 3.62. The van der Waals surface area contributed by atoms with Crippen molar-refractivity contribution in [2.45, 2.75) is 6.54 Å². The molecule has 30 heavy (non-hydrogen) atoms. The van der Waals surface area contributed by atoms with Crippen LogP contribution in [0.5, 0.6) is 0 Å². The summed E-state index contributed by atoms with van der Waals surface area (Å²) >= 11 is 0. The number of aromatic nitrogens is 4. The first kappa shape index (κ1) is 18.2. The van der Waals surface area contributed by atoms with Crippen molar-refractivity contribution in [1.29, 1.82) is 0 Å². The van der Waals surface area contributed by atoms with Crippen molar-refractivity contribution >= 4 is 13.3 Å². The second-order valence-corrected chi connectivity index (χ2v) is 7.08. The van der Waals surface area contributed by atoms with Crippen LogP contribution in [0.1, 0.15) is 5.76 Å². The molecule has 0 amide bonds. The van der Waals surface area contributed by atoms with Gasteiger partial charge in [-0.25, -0.2) is 18.7 Å². The van der Waals surface area contributed by atoms with Crippen molar-refractivity contribution in [2.75, 3.05) is 0 Å². The van der Waals surface area contributed by atoms with E-state index in [9.17, 15) is 8.78 Å². The minimum Gasteiger partial charge on any atom is -0.359 e. The van der Waals surface area contributed by atoms with Crippen LogP contribution in [-0.4, -0.2) is 27.5 Å². The van der Waals surface area contributed by atoms with Gasteiger partial charge in [0.1, 0.15) is 19.2 Å². The molecule has 0 saturated carbocycles. The summed E-state index contributed by atoms with van der Waals surface area (Å²) in [6.45, 7) is 0.450. The fourth-order valence-electron chi connectivity index (χ4n) is 3.27. The predicted molar refractivity (Wildman–Crippen MR) is 111 cm³/mol. The van der Waals surface area contributed by atoms with Crippen molar-refractivity contribution in [3.63, 3.8) is 0 Å². The second kappa shape index (κ2) is 7.22. The maximum Gasteiger partial charge on any atom is 0.169 e. The highest BCUT2D eigenvalue weighted by Gasteiger charge is 2.18. The number of rotatable bonds is 4. The van der Waals surface area contributed by atoms with Crippen LogP contribution >= 0.6 is 0 Å². The van der Waals surface area contributed by atoms with Gasteiger partial charge in [0.05, 0.1) is 17.8 Å². The molecular formula is C22H15BF2N4O. The predicted octanol–water partition coefficient (Wildman–Crippen LogP) is 3.29. The molecule has 2 aromatic carbocycles. The third-order valence-electron chi connectivity index (χ3n) is 4.86. The third-order valence-corrected chi connectivity index (χ3v) is 4.86. The number of hydrogen-bond acceptors (Lipinski definition) is 4.